The van der Waals surface area contributed by atoms with Crippen molar-refractivity contribution >= 4 is 34.5 Å². The highest BCUT2D eigenvalue weighted by Crippen LogP contribution is 2.26. The SMILES string of the molecule is CCc1cc2ccc(C)cc2nc1SCC(=O)NNC(=O)c1ccc(OC)cc1. The fraction of sp³-hybridized carbons (Fsp3) is 0.227. The van der Waals surface area contributed by atoms with Crippen molar-refractivity contribution in [2.75, 3.05) is 12.9 Å². The molecule has 0 bridgehead atoms. The first kappa shape index (κ1) is 20.7. The van der Waals surface area contributed by atoms with E-state index in [0.717, 1.165) is 33.5 Å². The van der Waals surface area contributed by atoms with E-state index in [-0.39, 0.29) is 17.6 Å². The summed E-state index contributed by atoms with van der Waals surface area (Å²) in [5, 5.41) is 1.93. The summed E-state index contributed by atoms with van der Waals surface area (Å²) >= 11 is 1.36. The maximum atomic E-state index is 12.2. The fourth-order valence-electron chi connectivity index (χ4n) is 2.79. The Morgan fingerprint density at radius 2 is 1.83 bits per heavy atom. The molecule has 0 aliphatic carbocycles. The zero-order valence-electron chi connectivity index (χ0n) is 16.6. The number of aromatic nitrogens is 1. The van der Waals surface area contributed by atoms with E-state index in [2.05, 4.69) is 36.0 Å². The van der Waals surface area contributed by atoms with Crippen LogP contribution in [0.25, 0.3) is 10.9 Å². The lowest BCUT2D eigenvalue weighted by atomic mass is 10.1. The molecular formula is C22H23N3O3S. The van der Waals surface area contributed by atoms with Crippen LogP contribution in [0, 0.1) is 6.92 Å². The Morgan fingerprint density at radius 1 is 1.07 bits per heavy atom. The molecule has 3 aromatic rings. The van der Waals surface area contributed by atoms with Gasteiger partial charge in [-0.3, -0.25) is 20.4 Å². The van der Waals surface area contributed by atoms with Crippen molar-refractivity contribution in [1.82, 2.24) is 15.8 Å². The number of fused-ring (bicyclic) bond motifs is 1. The molecule has 7 heteroatoms. The quantitative estimate of drug-likeness (QED) is 0.480. The van der Waals surface area contributed by atoms with E-state index >= 15 is 0 Å². The molecule has 150 valence electrons. The van der Waals surface area contributed by atoms with Crippen LogP contribution in [-0.4, -0.2) is 29.7 Å². The van der Waals surface area contributed by atoms with Crippen LogP contribution in [0.15, 0.2) is 53.6 Å². The number of thioether (sulfide) groups is 1. The van der Waals surface area contributed by atoms with Crippen molar-refractivity contribution in [1.29, 1.82) is 0 Å². The number of pyridine rings is 1. The average molecular weight is 410 g/mol. The number of ether oxygens (including phenoxy) is 1. The van der Waals surface area contributed by atoms with Gasteiger partial charge in [0.1, 0.15) is 10.8 Å². The number of methoxy groups -OCH3 is 1. The summed E-state index contributed by atoms with van der Waals surface area (Å²) in [6.45, 7) is 4.09. The minimum atomic E-state index is -0.389. The van der Waals surface area contributed by atoms with Gasteiger partial charge in [-0.15, -0.1) is 0 Å². The van der Waals surface area contributed by atoms with Gasteiger partial charge in [-0.2, -0.15) is 0 Å². The van der Waals surface area contributed by atoms with Gasteiger partial charge in [0.15, 0.2) is 0 Å². The lowest BCUT2D eigenvalue weighted by Gasteiger charge is -2.10. The van der Waals surface area contributed by atoms with Crippen LogP contribution in [0.2, 0.25) is 0 Å². The standard InChI is InChI=1S/C22H23N3O3S/c1-4-15-12-17-6-5-14(2)11-19(17)23-22(15)29-13-20(26)24-25-21(27)16-7-9-18(28-3)10-8-16/h5-12H,4,13H2,1-3H3,(H,24,26)(H,25,27). The first-order chi connectivity index (χ1) is 14.0. The van der Waals surface area contributed by atoms with E-state index in [1.807, 2.05) is 13.0 Å². The molecule has 29 heavy (non-hydrogen) atoms. The van der Waals surface area contributed by atoms with Gasteiger partial charge in [0, 0.05) is 10.9 Å². The summed E-state index contributed by atoms with van der Waals surface area (Å²) in [6, 6.07) is 14.9. The van der Waals surface area contributed by atoms with E-state index in [9.17, 15) is 9.59 Å². The molecule has 3 rings (SSSR count). The molecule has 0 saturated carbocycles. The molecule has 0 saturated heterocycles. The van der Waals surface area contributed by atoms with E-state index < -0.39 is 0 Å². The van der Waals surface area contributed by atoms with Crippen molar-refractivity contribution in [2.45, 2.75) is 25.3 Å². The molecule has 0 unspecified atom stereocenters. The van der Waals surface area contributed by atoms with Crippen molar-refractivity contribution in [3.05, 3.63) is 65.2 Å². The van der Waals surface area contributed by atoms with Crippen LogP contribution in [0.5, 0.6) is 5.75 Å². The topological polar surface area (TPSA) is 80.3 Å². The second-order valence-corrected chi connectivity index (χ2v) is 7.49. The molecule has 2 aromatic carbocycles. The molecule has 0 fully saturated rings. The zero-order chi connectivity index (χ0) is 20.8. The highest BCUT2D eigenvalue weighted by Gasteiger charge is 2.11. The number of carbonyl (C=O) groups is 2. The number of hydrazine groups is 1. The van der Waals surface area contributed by atoms with Crippen LogP contribution in [0.1, 0.15) is 28.4 Å². The molecule has 1 aromatic heterocycles. The number of benzene rings is 2. The van der Waals surface area contributed by atoms with Gasteiger partial charge in [-0.1, -0.05) is 30.8 Å². The number of hydrogen-bond donors (Lipinski definition) is 2. The van der Waals surface area contributed by atoms with Crippen molar-refractivity contribution in [2.24, 2.45) is 0 Å². The van der Waals surface area contributed by atoms with Crippen LogP contribution in [-0.2, 0) is 11.2 Å². The van der Waals surface area contributed by atoms with Crippen LogP contribution in [0.4, 0.5) is 0 Å². The average Bonchev–Trinajstić information content (AvgIpc) is 2.75. The summed E-state index contributed by atoms with van der Waals surface area (Å²) in [5.41, 5.74) is 8.46. The molecule has 2 N–H and O–H groups in total. The Balaban J connectivity index is 1.59. The zero-order valence-corrected chi connectivity index (χ0v) is 17.4. The number of amides is 2. The first-order valence-electron chi connectivity index (χ1n) is 9.26. The molecule has 0 aliphatic rings. The molecule has 0 aliphatic heterocycles. The fourth-order valence-corrected chi connectivity index (χ4v) is 3.68. The minimum Gasteiger partial charge on any atom is -0.497 e. The third-order valence-electron chi connectivity index (χ3n) is 4.40. The molecular weight excluding hydrogens is 386 g/mol. The van der Waals surface area contributed by atoms with E-state index in [4.69, 9.17) is 9.72 Å². The van der Waals surface area contributed by atoms with Crippen LogP contribution >= 0.6 is 11.8 Å². The van der Waals surface area contributed by atoms with Crippen molar-refractivity contribution in [3.63, 3.8) is 0 Å². The van der Waals surface area contributed by atoms with E-state index in [1.165, 1.54) is 11.8 Å². The van der Waals surface area contributed by atoms with E-state index in [0.29, 0.717) is 11.3 Å². The number of carbonyl (C=O) groups excluding carboxylic acids is 2. The van der Waals surface area contributed by atoms with E-state index in [1.54, 1.807) is 31.4 Å². The second kappa shape index (κ2) is 9.43. The summed E-state index contributed by atoms with van der Waals surface area (Å²) < 4.78 is 5.06. The Kier molecular flexibility index (Phi) is 6.72. The molecule has 0 atom stereocenters. The monoisotopic (exact) mass is 409 g/mol. The number of nitrogens with one attached hydrogen (secondary N) is 2. The van der Waals surface area contributed by atoms with Crippen molar-refractivity contribution < 1.29 is 14.3 Å². The summed E-state index contributed by atoms with van der Waals surface area (Å²) in [6.07, 6.45) is 0.828. The molecule has 1 heterocycles. The lowest BCUT2D eigenvalue weighted by Crippen LogP contribution is -2.42. The number of nitrogens with zero attached hydrogens (tertiary/aromatic N) is 1. The summed E-state index contributed by atoms with van der Waals surface area (Å²) in [7, 11) is 1.56. The Labute approximate surface area is 174 Å². The van der Waals surface area contributed by atoms with Gasteiger partial charge in [0.2, 0.25) is 5.91 Å². The summed E-state index contributed by atoms with van der Waals surface area (Å²) in [5.74, 6) is 0.122. The number of hydrogen-bond acceptors (Lipinski definition) is 5. The number of aryl methyl sites for hydroxylation is 2. The third-order valence-corrected chi connectivity index (χ3v) is 5.43. The van der Waals surface area contributed by atoms with Gasteiger partial charge in [0.25, 0.3) is 5.91 Å². The van der Waals surface area contributed by atoms with Gasteiger partial charge in [-0.05, 0) is 60.9 Å². The predicted molar refractivity (Wildman–Crippen MR) is 115 cm³/mol. The normalized spacial score (nSPS) is 10.6. The smallest absolute Gasteiger partial charge is 0.269 e. The highest BCUT2D eigenvalue weighted by atomic mass is 32.2. The Morgan fingerprint density at radius 3 is 2.52 bits per heavy atom. The molecule has 6 nitrogen and oxygen atoms in total. The summed E-state index contributed by atoms with van der Waals surface area (Å²) in [4.78, 5) is 29.0. The van der Waals surface area contributed by atoms with Gasteiger partial charge in [0.05, 0.1) is 18.4 Å². The third kappa shape index (κ3) is 5.26. The lowest BCUT2D eigenvalue weighted by molar-refractivity contribution is -0.119. The van der Waals surface area contributed by atoms with Gasteiger partial charge in [-0.25, -0.2) is 4.98 Å². The predicted octanol–water partition coefficient (Wildman–Crippen LogP) is 3.67. The maximum Gasteiger partial charge on any atom is 0.269 e. The largest absolute Gasteiger partial charge is 0.497 e. The second-order valence-electron chi connectivity index (χ2n) is 6.52. The maximum absolute atomic E-state index is 12.2. The molecule has 2 amide bonds. The Hall–Kier alpha value is -3.06. The van der Waals surface area contributed by atoms with Gasteiger partial charge < -0.3 is 4.74 Å². The van der Waals surface area contributed by atoms with Gasteiger partial charge >= 0.3 is 0 Å². The molecule has 0 radical (unpaired) electrons. The van der Waals surface area contributed by atoms with Crippen LogP contribution in [0.3, 0.4) is 0 Å². The van der Waals surface area contributed by atoms with Crippen molar-refractivity contribution in [3.8, 4) is 5.75 Å². The minimum absolute atomic E-state index is 0.153. The highest BCUT2D eigenvalue weighted by molar-refractivity contribution is 7.99. The molecule has 0 spiro atoms. The van der Waals surface area contributed by atoms with Crippen LogP contribution < -0.4 is 15.6 Å². The number of rotatable bonds is 6. The Bertz CT molecular complexity index is 1040. The first-order valence-corrected chi connectivity index (χ1v) is 10.2.